The number of amides is 1. The first-order valence-electron chi connectivity index (χ1n) is 8.77. The van der Waals surface area contributed by atoms with Crippen molar-refractivity contribution < 1.29 is 14.0 Å². The van der Waals surface area contributed by atoms with Crippen LogP contribution in [0.4, 0.5) is 4.39 Å². The second kappa shape index (κ2) is 8.31. The van der Waals surface area contributed by atoms with Crippen LogP contribution in [-0.2, 0) is 0 Å². The van der Waals surface area contributed by atoms with Gasteiger partial charge in [0.15, 0.2) is 5.78 Å². The molecule has 6 heteroatoms. The summed E-state index contributed by atoms with van der Waals surface area (Å²) in [6.07, 6.45) is 1.62. The highest BCUT2D eigenvalue weighted by Gasteiger charge is 2.25. The molecule has 1 aromatic heterocycles. The van der Waals surface area contributed by atoms with Crippen molar-refractivity contribution >= 4 is 23.3 Å². The molecule has 0 unspecified atom stereocenters. The van der Waals surface area contributed by atoms with E-state index in [0.717, 1.165) is 0 Å². The SMILES string of the molecule is CCNC(=O)c1c(-c2ccccn2)cc(C)c(C(=O)c2ccc(F)cc2)c1Cl. The van der Waals surface area contributed by atoms with Gasteiger partial charge in [0.05, 0.1) is 16.3 Å². The fraction of sp³-hybridized carbons (Fsp3) is 0.136. The summed E-state index contributed by atoms with van der Waals surface area (Å²) >= 11 is 6.59. The van der Waals surface area contributed by atoms with E-state index in [0.29, 0.717) is 28.9 Å². The van der Waals surface area contributed by atoms with E-state index in [1.54, 1.807) is 38.2 Å². The number of nitrogens with one attached hydrogen (secondary N) is 1. The first-order chi connectivity index (χ1) is 13.4. The molecule has 0 bridgehead atoms. The van der Waals surface area contributed by atoms with Crippen LogP contribution >= 0.6 is 11.6 Å². The smallest absolute Gasteiger partial charge is 0.253 e. The summed E-state index contributed by atoms with van der Waals surface area (Å²) in [5.74, 6) is -1.20. The van der Waals surface area contributed by atoms with Crippen LogP contribution in [0.25, 0.3) is 11.3 Å². The third-order valence-corrected chi connectivity index (χ3v) is 4.68. The Morgan fingerprint density at radius 3 is 2.43 bits per heavy atom. The number of ketones is 1. The van der Waals surface area contributed by atoms with Gasteiger partial charge in [-0.3, -0.25) is 14.6 Å². The molecule has 0 saturated heterocycles. The first-order valence-corrected chi connectivity index (χ1v) is 9.14. The Labute approximate surface area is 167 Å². The average molecular weight is 397 g/mol. The number of hydrogen-bond donors (Lipinski definition) is 1. The minimum atomic E-state index is -0.437. The third-order valence-electron chi connectivity index (χ3n) is 4.30. The highest BCUT2D eigenvalue weighted by molar-refractivity contribution is 6.39. The second-order valence-electron chi connectivity index (χ2n) is 6.22. The lowest BCUT2D eigenvalue weighted by atomic mass is 9.91. The Hall–Kier alpha value is -3.05. The average Bonchev–Trinajstić information content (AvgIpc) is 2.68. The lowest BCUT2D eigenvalue weighted by Gasteiger charge is -2.16. The Bertz CT molecular complexity index is 1030. The molecular formula is C22H18ClFN2O2. The van der Waals surface area contributed by atoms with Crippen molar-refractivity contribution in [2.24, 2.45) is 0 Å². The molecule has 1 heterocycles. The molecule has 0 spiro atoms. The van der Waals surface area contributed by atoms with Crippen molar-refractivity contribution in [2.75, 3.05) is 6.54 Å². The zero-order valence-electron chi connectivity index (χ0n) is 15.4. The van der Waals surface area contributed by atoms with Gasteiger partial charge >= 0.3 is 0 Å². The van der Waals surface area contributed by atoms with Gasteiger partial charge in [0.1, 0.15) is 5.82 Å². The number of carbonyl (C=O) groups excluding carboxylic acids is 2. The topological polar surface area (TPSA) is 59.1 Å². The Morgan fingerprint density at radius 1 is 1.11 bits per heavy atom. The van der Waals surface area contributed by atoms with Gasteiger partial charge in [-0.1, -0.05) is 17.7 Å². The van der Waals surface area contributed by atoms with Crippen LogP contribution in [0.15, 0.2) is 54.7 Å². The van der Waals surface area contributed by atoms with Crippen LogP contribution in [0.2, 0.25) is 5.02 Å². The molecule has 0 aliphatic carbocycles. The molecule has 1 amide bonds. The fourth-order valence-corrected chi connectivity index (χ4v) is 3.42. The molecule has 3 rings (SSSR count). The molecule has 0 atom stereocenters. The van der Waals surface area contributed by atoms with Crippen LogP contribution in [0.1, 0.15) is 38.8 Å². The maximum atomic E-state index is 13.2. The maximum absolute atomic E-state index is 13.2. The maximum Gasteiger partial charge on any atom is 0.253 e. The van der Waals surface area contributed by atoms with E-state index >= 15 is 0 Å². The van der Waals surface area contributed by atoms with Crippen molar-refractivity contribution in [1.82, 2.24) is 10.3 Å². The molecule has 4 nitrogen and oxygen atoms in total. The molecule has 1 N–H and O–H groups in total. The number of carbonyl (C=O) groups is 2. The van der Waals surface area contributed by atoms with Crippen LogP contribution < -0.4 is 5.32 Å². The molecule has 0 radical (unpaired) electrons. The van der Waals surface area contributed by atoms with Crippen molar-refractivity contribution in [2.45, 2.75) is 13.8 Å². The van der Waals surface area contributed by atoms with E-state index in [1.165, 1.54) is 24.3 Å². The number of nitrogens with zero attached hydrogens (tertiary/aromatic N) is 1. The standard InChI is InChI=1S/C22H18ClFN2O2/c1-3-25-22(28)19-16(17-6-4-5-11-26-17)12-13(2)18(20(19)23)21(27)14-7-9-15(24)10-8-14/h4-12H,3H2,1-2H3,(H,25,28). The predicted octanol–water partition coefficient (Wildman–Crippen LogP) is 4.83. The highest BCUT2D eigenvalue weighted by atomic mass is 35.5. The Kier molecular flexibility index (Phi) is 5.85. The summed E-state index contributed by atoms with van der Waals surface area (Å²) in [7, 11) is 0. The minimum absolute atomic E-state index is 0.0564. The van der Waals surface area contributed by atoms with Gasteiger partial charge < -0.3 is 5.32 Å². The first kappa shape index (κ1) is 19.7. The van der Waals surface area contributed by atoms with Crippen LogP contribution in [-0.4, -0.2) is 23.2 Å². The predicted molar refractivity (Wildman–Crippen MR) is 107 cm³/mol. The van der Waals surface area contributed by atoms with E-state index < -0.39 is 5.82 Å². The van der Waals surface area contributed by atoms with Gasteiger partial charge in [0.25, 0.3) is 5.91 Å². The van der Waals surface area contributed by atoms with Crippen LogP contribution in [0.5, 0.6) is 0 Å². The number of rotatable bonds is 5. The molecule has 0 saturated carbocycles. The Morgan fingerprint density at radius 2 is 1.82 bits per heavy atom. The van der Waals surface area contributed by atoms with E-state index in [4.69, 9.17) is 11.6 Å². The van der Waals surface area contributed by atoms with Gasteiger partial charge in [-0.15, -0.1) is 0 Å². The van der Waals surface area contributed by atoms with Crippen molar-refractivity contribution in [3.63, 3.8) is 0 Å². The summed E-state index contributed by atoms with van der Waals surface area (Å²) in [5.41, 5.74) is 2.43. The zero-order chi connectivity index (χ0) is 20.3. The van der Waals surface area contributed by atoms with Crippen LogP contribution in [0, 0.1) is 12.7 Å². The summed E-state index contributed by atoms with van der Waals surface area (Å²) in [4.78, 5) is 30.1. The molecule has 3 aromatic rings. The molecule has 0 aliphatic rings. The lowest BCUT2D eigenvalue weighted by Crippen LogP contribution is -2.25. The fourth-order valence-electron chi connectivity index (χ4n) is 3.00. The summed E-state index contributed by atoms with van der Waals surface area (Å²) in [6, 6.07) is 12.3. The van der Waals surface area contributed by atoms with Crippen molar-refractivity contribution in [1.29, 1.82) is 0 Å². The number of aryl methyl sites for hydroxylation is 1. The third kappa shape index (κ3) is 3.80. The number of aromatic nitrogens is 1. The minimum Gasteiger partial charge on any atom is -0.352 e. The normalized spacial score (nSPS) is 10.6. The molecule has 0 aliphatic heterocycles. The number of halogens is 2. The molecular weight excluding hydrogens is 379 g/mol. The van der Waals surface area contributed by atoms with E-state index in [-0.39, 0.29) is 27.8 Å². The van der Waals surface area contributed by atoms with Crippen molar-refractivity contribution in [3.8, 4) is 11.3 Å². The monoisotopic (exact) mass is 396 g/mol. The number of hydrogen-bond acceptors (Lipinski definition) is 3. The van der Waals surface area contributed by atoms with Gasteiger partial charge in [0.2, 0.25) is 0 Å². The molecule has 28 heavy (non-hydrogen) atoms. The van der Waals surface area contributed by atoms with Crippen LogP contribution in [0.3, 0.4) is 0 Å². The number of benzene rings is 2. The largest absolute Gasteiger partial charge is 0.352 e. The molecule has 0 fully saturated rings. The quantitative estimate of drug-likeness (QED) is 0.628. The van der Waals surface area contributed by atoms with E-state index in [1.807, 2.05) is 6.07 Å². The Balaban J connectivity index is 2.22. The second-order valence-corrected chi connectivity index (χ2v) is 6.59. The van der Waals surface area contributed by atoms with Gasteiger partial charge in [-0.25, -0.2) is 4.39 Å². The van der Waals surface area contributed by atoms with Gasteiger partial charge in [0, 0.05) is 29.4 Å². The van der Waals surface area contributed by atoms with E-state index in [9.17, 15) is 14.0 Å². The summed E-state index contributed by atoms with van der Waals surface area (Å²) in [5, 5.41) is 2.79. The summed E-state index contributed by atoms with van der Waals surface area (Å²) in [6.45, 7) is 3.95. The van der Waals surface area contributed by atoms with E-state index in [2.05, 4.69) is 10.3 Å². The zero-order valence-corrected chi connectivity index (χ0v) is 16.2. The lowest BCUT2D eigenvalue weighted by molar-refractivity contribution is 0.0956. The van der Waals surface area contributed by atoms with Gasteiger partial charge in [-0.05, 0) is 61.9 Å². The number of pyridine rings is 1. The van der Waals surface area contributed by atoms with Gasteiger partial charge in [-0.2, -0.15) is 0 Å². The molecule has 142 valence electrons. The highest BCUT2D eigenvalue weighted by Crippen LogP contribution is 2.34. The summed E-state index contributed by atoms with van der Waals surface area (Å²) < 4.78 is 13.2. The molecule has 2 aromatic carbocycles. The van der Waals surface area contributed by atoms with Crippen molar-refractivity contribution in [3.05, 3.63) is 87.8 Å².